The number of anilines is 1. The molecule has 0 amide bonds. The zero-order chi connectivity index (χ0) is 14.8. The Morgan fingerprint density at radius 2 is 2.25 bits per heavy atom. The lowest BCUT2D eigenvalue weighted by Crippen LogP contribution is -2.28. The number of pyridine rings is 1. The molecule has 0 spiro atoms. The zero-order valence-electron chi connectivity index (χ0n) is 10.9. The molecule has 1 aromatic heterocycles. The average molecular weight is 301 g/mol. The van der Waals surface area contributed by atoms with E-state index in [2.05, 4.69) is 17.2 Å². The summed E-state index contributed by atoms with van der Waals surface area (Å²) >= 11 is 1.79. The lowest BCUT2D eigenvalue weighted by Gasteiger charge is -2.23. The molecular formula is C13H14F3N3S. The second-order valence-electron chi connectivity index (χ2n) is 4.96. The molecule has 1 aliphatic heterocycles. The molecular weight excluding hydrogens is 287 g/mol. The molecule has 7 heteroatoms. The van der Waals surface area contributed by atoms with Crippen LogP contribution in [0, 0.1) is 11.3 Å². The number of thioether (sulfide) groups is 1. The van der Waals surface area contributed by atoms with Crippen molar-refractivity contribution >= 4 is 17.6 Å². The van der Waals surface area contributed by atoms with E-state index in [4.69, 9.17) is 5.26 Å². The van der Waals surface area contributed by atoms with Crippen LogP contribution in [-0.2, 0) is 6.18 Å². The fourth-order valence-corrected chi connectivity index (χ4v) is 3.33. The second-order valence-corrected chi connectivity index (χ2v) is 6.64. The Bertz CT molecular complexity index is 531. The minimum atomic E-state index is -4.50. The van der Waals surface area contributed by atoms with Crippen molar-refractivity contribution in [3.8, 4) is 6.07 Å². The van der Waals surface area contributed by atoms with Crippen LogP contribution in [0.25, 0.3) is 0 Å². The van der Waals surface area contributed by atoms with Crippen molar-refractivity contribution in [1.82, 2.24) is 4.98 Å². The van der Waals surface area contributed by atoms with E-state index in [1.807, 2.05) is 6.07 Å². The maximum absolute atomic E-state index is 12.6. The van der Waals surface area contributed by atoms with Crippen molar-refractivity contribution in [2.24, 2.45) is 0 Å². The van der Waals surface area contributed by atoms with E-state index in [1.165, 1.54) is 0 Å². The van der Waals surface area contributed by atoms with Crippen molar-refractivity contribution in [3.05, 3.63) is 23.4 Å². The number of aromatic nitrogens is 1. The Kier molecular flexibility index (Phi) is 4.14. The van der Waals surface area contributed by atoms with E-state index < -0.39 is 11.9 Å². The number of hydrogen-bond acceptors (Lipinski definition) is 4. The average Bonchev–Trinajstić information content (AvgIpc) is 2.82. The monoisotopic (exact) mass is 301 g/mol. The zero-order valence-corrected chi connectivity index (χ0v) is 11.7. The first-order valence-corrected chi connectivity index (χ1v) is 7.19. The Morgan fingerprint density at radius 3 is 2.80 bits per heavy atom. The molecule has 0 radical (unpaired) electrons. The van der Waals surface area contributed by atoms with Gasteiger partial charge in [-0.05, 0) is 37.7 Å². The Balaban J connectivity index is 2.19. The van der Waals surface area contributed by atoms with Crippen molar-refractivity contribution in [2.75, 3.05) is 17.6 Å². The highest BCUT2D eigenvalue weighted by atomic mass is 32.2. The normalized spacial score (nSPS) is 22.6. The van der Waals surface area contributed by atoms with Gasteiger partial charge in [0.2, 0.25) is 0 Å². The van der Waals surface area contributed by atoms with Crippen molar-refractivity contribution < 1.29 is 13.2 Å². The summed E-state index contributed by atoms with van der Waals surface area (Å²) in [5, 5.41) is 11.9. The molecule has 108 valence electrons. The van der Waals surface area contributed by atoms with E-state index in [0.29, 0.717) is 6.54 Å². The van der Waals surface area contributed by atoms with Gasteiger partial charge in [-0.1, -0.05) is 0 Å². The summed E-state index contributed by atoms with van der Waals surface area (Å²) in [5.74, 6) is 1.07. The quantitative estimate of drug-likeness (QED) is 0.925. The first kappa shape index (κ1) is 15.0. The van der Waals surface area contributed by atoms with Crippen LogP contribution in [0.1, 0.15) is 31.0 Å². The first-order chi connectivity index (χ1) is 9.34. The van der Waals surface area contributed by atoms with Gasteiger partial charge in [0.25, 0.3) is 0 Å². The maximum atomic E-state index is 12.6. The van der Waals surface area contributed by atoms with Gasteiger partial charge in [0.1, 0.15) is 17.6 Å². The minimum Gasteiger partial charge on any atom is -0.368 e. The fourth-order valence-electron chi connectivity index (χ4n) is 2.09. The van der Waals surface area contributed by atoms with Gasteiger partial charge in [0, 0.05) is 11.3 Å². The summed E-state index contributed by atoms with van der Waals surface area (Å²) in [6.07, 6.45) is -2.40. The lowest BCUT2D eigenvalue weighted by molar-refractivity contribution is -0.141. The third kappa shape index (κ3) is 3.37. The third-order valence-electron chi connectivity index (χ3n) is 3.24. The molecule has 1 atom stereocenters. The smallest absolute Gasteiger partial charge is 0.368 e. The molecule has 2 heterocycles. The van der Waals surface area contributed by atoms with Crippen LogP contribution in [-0.4, -0.2) is 22.0 Å². The molecule has 3 nitrogen and oxygen atoms in total. The molecule has 20 heavy (non-hydrogen) atoms. The third-order valence-corrected chi connectivity index (χ3v) is 4.77. The summed E-state index contributed by atoms with van der Waals surface area (Å²) in [7, 11) is 0. The van der Waals surface area contributed by atoms with Crippen LogP contribution in [0.2, 0.25) is 0 Å². The number of nitrogens with one attached hydrogen (secondary N) is 1. The maximum Gasteiger partial charge on any atom is 0.433 e. The van der Waals surface area contributed by atoms with E-state index in [-0.39, 0.29) is 16.1 Å². The van der Waals surface area contributed by atoms with E-state index in [1.54, 1.807) is 11.8 Å². The largest absolute Gasteiger partial charge is 0.433 e. The van der Waals surface area contributed by atoms with Crippen LogP contribution >= 0.6 is 11.8 Å². The van der Waals surface area contributed by atoms with Gasteiger partial charge < -0.3 is 5.32 Å². The lowest BCUT2D eigenvalue weighted by atomic mass is 10.1. The van der Waals surface area contributed by atoms with Crippen molar-refractivity contribution in [1.29, 1.82) is 5.26 Å². The molecule has 1 aliphatic rings. The Labute approximate surface area is 119 Å². The fraction of sp³-hybridized carbons (Fsp3) is 0.538. The van der Waals surface area contributed by atoms with Crippen LogP contribution in [0.15, 0.2) is 12.1 Å². The number of halogens is 3. The number of nitriles is 1. The van der Waals surface area contributed by atoms with Crippen LogP contribution in [0.4, 0.5) is 19.0 Å². The molecule has 0 aromatic carbocycles. The SMILES string of the molecule is CC1(CNc2nc(C(F)(F)F)ccc2C#N)CCCS1. The number of rotatable bonds is 3. The highest BCUT2D eigenvalue weighted by Gasteiger charge is 2.34. The van der Waals surface area contributed by atoms with Crippen LogP contribution < -0.4 is 5.32 Å². The molecule has 2 rings (SSSR count). The van der Waals surface area contributed by atoms with Gasteiger partial charge in [-0.3, -0.25) is 0 Å². The van der Waals surface area contributed by atoms with E-state index in [9.17, 15) is 13.2 Å². The molecule has 1 N–H and O–H groups in total. The summed E-state index contributed by atoms with van der Waals surface area (Å²) < 4.78 is 37.9. The van der Waals surface area contributed by atoms with Crippen molar-refractivity contribution in [2.45, 2.75) is 30.7 Å². The molecule has 1 saturated heterocycles. The molecule has 1 unspecified atom stereocenters. The summed E-state index contributed by atoms with van der Waals surface area (Å²) in [4.78, 5) is 3.54. The summed E-state index contributed by atoms with van der Waals surface area (Å²) in [6, 6.07) is 3.85. The standard InChI is InChI=1S/C13H14F3N3S/c1-12(5-2-6-20-12)8-18-11-9(7-17)3-4-10(19-11)13(14,15)16/h3-4H,2,5-6,8H2,1H3,(H,18,19). The minimum absolute atomic E-state index is 0.0102. The number of alkyl halides is 3. The molecule has 1 aromatic rings. The molecule has 1 fully saturated rings. The van der Waals surface area contributed by atoms with Gasteiger partial charge in [0.05, 0.1) is 5.56 Å². The predicted molar refractivity (Wildman–Crippen MR) is 72.5 cm³/mol. The topological polar surface area (TPSA) is 48.7 Å². The number of hydrogen-bond donors (Lipinski definition) is 1. The second kappa shape index (κ2) is 5.52. The Hall–Kier alpha value is -1.42. The highest BCUT2D eigenvalue weighted by Crippen LogP contribution is 2.38. The molecule has 0 aliphatic carbocycles. The summed E-state index contributed by atoms with van der Waals surface area (Å²) in [6.45, 7) is 2.57. The predicted octanol–water partition coefficient (Wildman–Crippen LogP) is 3.67. The van der Waals surface area contributed by atoms with Crippen LogP contribution in [0.3, 0.4) is 0 Å². The molecule has 0 bridgehead atoms. The highest BCUT2D eigenvalue weighted by molar-refractivity contribution is 8.00. The summed E-state index contributed by atoms with van der Waals surface area (Å²) in [5.41, 5.74) is -0.854. The van der Waals surface area contributed by atoms with E-state index in [0.717, 1.165) is 30.7 Å². The van der Waals surface area contributed by atoms with Gasteiger partial charge in [-0.25, -0.2) is 4.98 Å². The first-order valence-electron chi connectivity index (χ1n) is 6.20. The van der Waals surface area contributed by atoms with Gasteiger partial charge >= 0.3 is 6.18 Å². The van der Waals surface area contributed by atoms with Gasteiger partial charge in [0.15, 0.2) is 0 Å². The van der Waals surface area contributed by atoms with Gasteiger partial charge in [-0.15, -0.1) is 0 Å². The van der Waals surface area contributed by atoms with E-state index >= 15 is 0 Å². The van der Waals surface area contributed by atoms with Crippen LogP contribution in [0.5, 0.6) is 0 Å². The van der Waals surface area contributed by atoms with Gasteiger partial charge in [-0.2, -0.15) is 30.2 Å². The number of nitrogens with zero attached hydrogens (tertiary/aromatic N) is 2. The Morgan fingerprint density at radius 1 is 1.50 bits per heavy atom. The molecule has 0 saturated carbocycles. The van der Waals surface area contributed by atoms with Crippen molar-refractivity contribution in [3.63, 3.8) is 0 Å².